The Bertz CT molecular complexity index is 329. The standard InChI is InChI=1S/C14H20IN/c1-4-9-16-14(10-11(2)3)12-5-7-13(15)8-6-12/h5-8,14,16H,2,4,9-10H2,1,3H3. The van der Waals surface area contributed by atoms with Crippen molar-refractivity contribution >= 4 is 22.6 Å². The Morgan fingerprint density at radius 3 is 2.50 bits per heavy atom. The van der Waals surface area contributed by atoms with Gasteiger partial charge in [0.2, 0.25) is 0 Å². The van der Waals surface area contributed by atoms with E-state index in [0.717, 1.165) is 19.4 Å². The molecule has 0 aliphatic heterocycles. The van der Waals surface area contributed by atoms with Gasteiger partial charge in [0.1, 0.15) is 0 Å². The SMILES string of the molecule is C=C(C)CC(NCCC)c1ccc(I)cc1. The molecule has 0 aliphatic rings. The topological polar surface area (TPSA) is 12.0 Å². The van der Waals surface area contributed by atoms with Gasteiger partial charge in [-0.25, -0.2) is 0 Å². The summed E-state index contributed by atoms with van der Waals surface area (Å²) in [6.07, 6.45) is 2.18. The minimum Gasteiger partial charge on any atom is -0.310 e. The van der Waals surface area contributed by atoms with Gasteiger partial charge in [0.25, 0.3) is 0 Å². The molecular formula is C14H20IN. The van der Waals surface area contributed by atoms with Gasteiger partial charge in [0.05, 0.1) is 0 Å². The minimum atomic E-state index is 0.412. The highest BCUT2D eigenvalue weighted by atomic mass is 127. The second-order valence-corrected chi connectivity index (χ2v) is 5.47. The Labute approximate surface area is 112 Å². The highest BCUT2D eigenvalue weighted by molar-refractivity contribution is 14.1. The molecule has 0 fully saturated rings. The van der Waals surface area contributed by atoms with Crippen molar-refractivity contribution in [2.24, 2.45) is 0 Å². The molecule has 1 aromatic rings. The van der Waals surface area contributed by atoms with Gasteiger partial charge in [-0.15, -0.1) is 6.58 Å². The van der Waals surface area contributed by atoms with E-state index in [-0.39, 0.29) is 0 Å². The van der Waals surface area contributed by atoms with Crippen molar-refractivity contribution in [2.45, 2.75) is 32.7 Å². The van der Waals surface area contributed by atoms with Crippen LogP contribution in [0.1, 0.15) is 38.3 Å². The Balaban J connectivity index is 2.74. The first kappa shape index (κ1) is 13.7. The number of rotatable bonds is 6. The number of hydrogen-bond acceptors (Lipinski definition) is 1. The van der Waals surface area contributed by atoms with Crippen LogP contribution in [-0.2, 0) is 0 Å². The lowest BCUT2D eigenvalue weighted by molar-refractivity contribution is 0.528. The summed E-state index contributed by atoms with van der Waals surface area (Å²) in [6.45, 7) is 9.35. The summed E-state index contributed by atoms with van der Waals surface area (Å²) in [5.41, 5.74) is 2.59. The van der Waals surface area contributed by atoms with Crippen LogP contribution < -0.4 is 5.32 Å². The van der Waals surface area contributed by atoms with Crippen molar-refractivity contribution in [2.75, 3.05) is 6.54 Å². The van der Waals surface area contributed by atoms with Crippen LogP contribution in [0, 0.1) is 3.57 Å². The molecule has 0 saturated heterocycles. The molecule has 0 heterocycles. The zero-order chi connectivity index (χ0) is 12.0. The highest BCUT2D eigenvalue weighted by Gasteiger charge is 2.10. The number of benzene rings is 1. The second kappa shape index (κ2) is 7.07. The molecule has 1 aromatic carbocycles. The van der Waals surface area contributed by atoms with E-state index in [1.807, 2.05) is 0 Å². The fraction of sp³-hybridized carbons (Fsp3) is 0.429. The summed E-state index contributed by atoms with van der Waals surface area (Å²) in [5.74, 6) is 0. The van der Waals surface area contributed by atoms with Crippen molar-refractivity contribution in [1.82, 2.24) is 5.32 Å². The summed E-state index contributed by atoms with van der Waals surface area (Å²) in [5, 5.41) is 3.57. The van der Waals surface area contributed by atoms with E-state index in [1.165, 1.54) is 14.7 Å². The van der Waals surface area contributed by atoms with Gasteiger partial charge < -0.3 is 5.32 Å². The molecular weight excluding hydrogens is 309 g/mol. The van der Waals surface area contributed by atoms with E-state index >= 15 is 0 Å². The average molecular weight is 329 g/mol. The molecule has 0 spiro atoms. The predicted molar refractivity (Wildman–Crippen MR) is 79.6 cm³/mol. The van der Waals surface area contributed by atoms with Crippen LogP contribution in [0.4, 0.5) is 0 Å². The molecule has 1 unspecified atom stereocenters. The van der Waals surface area contributed by atoms with Crippen molar-refractivity contribution in [1.29, 1.82) is 0 Å². The predicted octanol–water partition coefficient (Wildman–Crippen LogP) is 4.30. The van der Waals surface area contributed by atoms with Crippen LogP contribution in [0.5, 0.6) is 0 Å². The maximum absolute atomic E-state index is 4.00. The minimum absolute atomic E-state index is 0.412. The maximum Gasteiger partial charge on any atom is 0.0357 e. The van der Waals surface area contributed by atoms with Crippen molar-refractivity contribution in [3.05, 3.63) is 45.6 Å². The van der Waals surface area contributed by atoms with Crippen molar-refractivity contribution in [3.8, 4) is 0 Å². The smallest absolute Gasteiger partial charge is 0.0357 e. The Kier molecular flexibility index (Phi) is 6.06. The third-order valence-corrected chi connectivity index (χ3v) is 3.18. The van der Waals surface area contributed by atoms with Crippen LogP contribution in [0.3, 0.4) is 0 Å². The van der Waals surface area contributed by atoms with E-state index in [0.29, 0.717) is 6.04 Å². The van der Waals surface area contributed by atoms with Crippen LogP contribution >= 0.6 is 22.6 Å². The largest absolute Gasteiger partial charge is 0.310 e. The molecule has 88 valence electrons. The van der Waals surface area contributed by atoms with Crippen molar-refractivity contribution < 1.29 is 0 Å². The summed E-state index contributed by atoms with van der Waals surface area (Å²) in [4.78, 5) is 0. The van der Waals surface area contributed by atoms with Crippen LogP contribution in [0.2, 0.25) is 0 Å². The summed E-state index contributed by atoms with van der Waals surface area (Å²) >= 11 is 2.34. The third kappa shape index (κ3) is 4.66. The first-order valence-corrected chi connectivity index (χ1v) is 6.84. The molecule has 1 atom stereocenters. The zero-order valence-electron chi connectivity index (χ0n) is 10.1. The lowest BCUT2D eigenvalue weighted by Crippen LogP contribution is -2.22. The van der Waals surface area contributed by atoms with Gasteiger partial charge in [0, 0.05) is 9.61 Å². The second-order valence-electron chi connectivity index (χ2n) is 4.22. The normalized spacial score (nSPS) is 12.4. The average Bonchev–Trinajstić information content (AvgIpc) is 2.25. The van der Waals surface area contributed by atoms with Gasteiger partial charge in [-0.2, -0.15) is 0 Å². The van der Waals surface area contributed by atoms with Crippen molar-refractivity contribution in [3.63, 3.8) is 0 Å². The molecule has 1 N–H and O–H groups in total. The lowest BCUT2D eigenvalue weighted by Gasteiger charge is -2.19. The van der Waals surface area contributed by atoms with Crippen LogP contribution in [0.15, 0.2) is 36.4 Å². The van der Waals surface area contributed by atoms with E-state index in [2.05, 4.69) is 72.6 Å². The van der Waals surface area contributed by atoms with Gasteiger partial charge in [0.15, 0.2) is 0 Å². The molecule has 0 aliphatic carbocycles. The lowest BCUT2D eigenvalue weighted by atomic mass is 10.0. The number of nitrogens with one attached hydrogen (secondary N) is 1. The summed E-state index contributed by atoms with van der Waals surface area (Å²) in [6, 6.07) is 9.15. The molecule has 0 bridgehead atoms. The molecule has 1 nitrogen and oxygen atoms in total. The first-order chi connectivity index (χ1) is 7.63. The molecule has 2 heteroatoms. The number of halogens is 1. The van der Waals surface area contributed by atoms with Gasteiger partial charge in [-0.1, -0.05) is 24.6 Å². The monoisotopic (exact) mass is 329 g/mol. The summed E-state index contributed by atoms with van der Waals surface area (Å²) < 4.78 is 1.28. The molecule has 0 amide bonds. The molecule has 0 aromatic heterocycles. The van der Waals surface area contributed by atoms with Crippen LogP contribution in [-0.4, -0.2) is 6.54 Å². The molecule has 0 saturated carbocycles. The van der Waals surface area contributed by atoms with E-state index in [9.17, 15) is 0 Å². The Morgan fingerprint density at radius 2 is 2.00 bits per heavy atom. The van der Waals surface area contributed by atoms with E-state index in [1.54, 1.807) is 0 Å². The Morgan fingerprint density at radius 1 is 1.38 bits per heavy atom. The first-order valence-electron chi connectivity index (χ1n) is 5.76. The van der Waals surface area contributed by atoms with Crippen LogP contribution in [0.25, 0.3) is 0 Å². The maximum atomic E-state index is 4.00. The van der Waals surface area contributed by atoms with E-state index in [4.69, 9.17) is 0 Å². The molecule has 1 rings (SSSR count). The highest BCUT2D eigenvalue weighted by Crippen LogP contribution is 2.21. The quantitative estimate of drug-likeness (QED) is 0.606. The molecule has 16 heavy (non-hydrogen) atoms. The van der Waals surface area contributed by atoms with E-state index < -0.39 is 0 Å². The summed E-state index contributed by atoms with van der Waals surface area (Å²) in [7, 11) is 0. The third-order valence-electron chi connectivity index (χ3n) is 2.47. The fourth-order valence-corrected chi connectivity index (χ4v) is 2.03. The van der Waals surface area contributed by atoms with Gasteiger partial charge in [-0.3, -0.25) is 0 Å². The fourth-order valence-electron chi connectivity index (χ4n) is 1.67. The molecule has 0 radical (unpaired) electrons. The zero-order valence-corrected chi connectivity index (χ0v) is 12.3. The van der Waals surface area contributed by atoms with Gasteiger partial charge >= 0.3 is 0 Å². The Hall–Kier alpha value is -0.350. The number of hydrogen-bond donors (Lipinski definition) is 1. The van der Waals surface area contributed by atoms with Gasteiger partial charge in [-0.05, 0) is 66.6 Å².